The molecule has 0 rings (SSSR count). The molecule has 0 spiro atoms. The van der Waals surface area contributed by atoms with Gasteiger partial charge in [-0.3, -0.25) is 0 Å². The van der Waals surface area contributed by atoms with Crippen molar-refractivity contribution in [1.82, 2.24) is 5.32 Å². The minimum atomic E-state index is 0.513. The monoisotopic (exact) mass is 219 g/mol. The predicted octanol–water partition coefficient (Wildman–Crippen LogP) is 2.53. The highest BCUT2D eigenvalue weighted by molar-refractivity contribution is 7.99. The van der Waals surface area contributed by atoms with E-state index >= 15 is 0 Å². The van der Waals surface area contributed by atoms with Gasteiger partial charge in [-0.05, 0) is 18.2 Å². The van der Waals surface area contributed by atoms with Crippen LogP contribution in [0.1, 0.15) is 34.1 Å². The number of likely N-dealkylation sites (N-methyl/N-ethyl adjacent to an activating group) is 1. The molecule has 1 N–H and O–H groups in total. The minimum Gasteiger partial charge on any atom is -0.380 e. The van der Waals surface area contributed by atoms with Crippen LogP contribution >= 0.6 is 11.8 Å². The van der Waals surface area contributed by atoms with E-state index in [1.165, 1.54) is 0 Å². The first-order valence-corrected chi connectivity index (χ1v) is 6.68. The zero-order valence-corrected chi connectivity index (χ0v) is 10.8. The molecule has 86 valence electrons. The number of hydrogen-bond acceptors (Lipinski definition) is 3. The van der Waals surface area contributed by atoms with Crippen LogP contribution in [0.2, 0.25) is 0 Å². The van der Waals surface area contributed by atoms with Gasteiger partial charge in [0.1, 0.15) is 0 Å². The summed E-state index contributed by atoms with van der Waals surface area (Å²) in [5.41, 5.74) is 0. The molecule has 1 unspecified atom stereocenters. The fourth-order valence-electron chi connectivity index (χ4n) is 1.13. The largest absolute Gasteiger partial charge is 0.380 e. The molecule has 0 aliphatic rings. The Morgan fingerprint density at radius 2 is 2.00 bits per heavy atom. The Balaban J connectivity index is 3.54. The molecule has 0 aromatic heterocycles. The third-order valence-electron chi connectivity index (χ3n) is 1.79. The Kier molecular flexibility index (Phi) is 10.0. The highest BCUT2D eigenvalue weighted by atomic mass is 32.2. The van der Waals surface area contributed by atoms with E-state index in [9.17, 15) is 0 Å². The van der Waals surface area contributed by atoms with E-state index in [1.54, 1.807) is 0 Å². The van der Waals surface area contributed by atoms with Gasteiger partial charge in [0.2, 0.25) is 0 Å². The summed E-state index contributed by atoms with van der Waals surface area (Å²) in [6, 6.07) is 0.513. The molecule has 0 aromatic carbocycles. The van der Waals surface area contributed by atoms with E-state index < -0.39 is 0 Å². The molecule has 2 nitrogen and oxygen atoms in total. The van der Waals surface area contributed by atoms with Gasteiger partial charge in [0, 0.05) is 18.4 Å². The fourth-order valence-corrected chi connectivity index (χ4v) is 1.96. The van der Waals surface area contributed by atoms with Crippen molar-refractivity contribution in [2.24, 2.45) is 0 Å². The number of thioether (sulfide) groups is 1. The van der Waals surface area contributed by atoms with Gasteiger partial charge in [0.05, 0.1) is 6.61 Å². The van der Waals surface area contributed by atoms with E-state index in [2.05, 4.69) is 33.0 Å². The summed E-state index contributed by atoms with van der Waals surface area (Å²) in [7, 11) is 0. The molecule has 3 heteroatoms. The maximum Gasteiger partial charge on any atom is 0.0627 e. The second kappa shape index (κ2) is 9.81. The van der Waals surface area contributed by atoms with Gasteiger partial charge in [0.15, 0.2) is 0 Å². The Hall–Kier alpha value is 0.270. The van der Waals surface area contributed by atoms with Gasteiger partial charge in [-0.25, -0.2) is 0 Å². The van der Waals surface area contributed by atoms with Gasteiger partial charge in [0.25, 0.3) is 0 Å². The molecule has 0 saturated carbocycles. The van der Waals surface area contributed by atoms with Crippen LogP contribution in [0.15, 0.2) is 0 Å². The van der Waals surface area contributed by atoms with E-state index in [-0.39, 0.29) is 0 Å². The van der Waals surface area contributed by atoms with E-state index in [0.29, 0.717) is 11.3 Å². The molecule has 0 aromatic rings. The summed E-state index contributed by atoms with van der Waals surface area (Å²) in [5.74, 6) is 1.15. The van der Waals surface area contributed by atoms with Crippen LogP contribution < -0.4 is 5.32 Å². The van der Waals surface area contributed by atoms with Crippen LogP contribution in [-0.2, 0) is 4.74 Å². The van der Waals surface area contributed by atoms with Crippen LogP contribution in [0.4, 0.5) is 0 Å². The van der Waals surface area contributed by atoms with Gasteiger partial charge >= 0.3 is 0 Å². The summed E-state index contributed by atoms with van der Waals surface area (Å²) >= 11 is 1.99. The Labute approximate surface area is 93.2 Å². The average Bonchev–Trinajstić information content (AvgIpc) is 2.14. The van der Waals surface area contributed by atoms with Crippen molar-refractivity contribution in [3.63, 3.8) is 0 Å². The molecule has 0 fully saturated rings. The smallest absolute Gasteiger partial charge is 0.0627 e. The van der Waals surface area contributed by atoms with Crippen molar-refractivity contribution >= 4 is 11.8 Å². The Bertz CT molecular complexity index is 120. The van der Waals surface area contributed by atoms with Crippen molar-refractivity contribution in [2.45, 2.75) is 45.4 Å². The van der Waals surface area contributed by atoms with Crippen LogP contribution in [0.5, 0.6) is 0 Å². The molecule has 0 bridgehead atoms. The second-order valence-electron chi connectivity index (χ2n) is 3.71. The summed E-state index contributed by atoms with van der Waals surface area (Å²) in [4.78, 5) is 0. The van der Waals surface area contributed by atoms with Crippen molar-refractivity contribution < 1.29 is 4.74 Å². The summed E-state index contributed by atoms with van der Waals surface area (Å²) < 4.78 is 5.55. The van der Waals surface area contributed by atoms with Crippen LogP contribution in [-0.4, -0.2) is 36.8 Å². The van der Waals surface area contributed by atoms with Crippen molar-refractivity contribution in [2.75, 3.05) is 25.5 Å². The first kappa shape index (κ1) is 14.3. The van der Waals surface area contributed by atoms with E-state index in [4.69, 9.17) is 4.74 Å². The van der Waals surface area contributed by atoms with E-state index in [0.717, 1.165) is 31.9 Å². The van der Waals surface area contributed by atoms with Crippen LogP contribution in [0, 0.1) is 0 Å². The van der Waals surface area contributed by atoms with Crippen LogP contribution in [0.25, 0.3) is 0 Å². The lowest BCUT2D eigenvalue weighted by atomic mass is 10.3. The van der Waals surface area contributed by atoms with Gasteiger partial charge in [-0.1, -0.05) is 27.7 Å². The molecule has 1 atom stereocenters. The molecule has 0 saturated heterocycles. The topological polar surface area (TPSA) is 21.3 Å². The maximum atomic E-state index is 5.55. The van der Waals surface area contributed by atoms with Crippen molar-refractivity contribution in [1.29, 1.82) is 0 Å². The molecule has 0 heterocycles. The lowest BCUT2D eigenvalue weighted by Gasteiger charge is -2.18. The van der Waals surface area contributed by atoms with Gasteiger partial charge in [-0.2, -0.15) is 11.8 Å². The zero-order valence-electron chi connectivity index (χ0n) is 10.0. The van der Waals surface area contributed by atoms with Crippen LogP contribution in [0.3, 0.4) is 0 Å². The fraction of sp³-hybridized carbons (Fsp3) is 1.00. The molecule has 0 aliphatic heterocycles. The molecular formula is C11H25NOS. The summed E-state index contributed by atoms with van der Waals surface area (Å²) in [6.07, 6.45) is 1.11. The predicted molar refractivity (Wildman–Crippen MR) is 66.2 cm³/mol. The first-order valence-electron chi connectivity index (χ1n) is 5.63. The lowest BCUT2D eigenvalue weighted by molar-refractivity contribution is 0.117. The minimum absolute atomic E-state index is 0.513. The Morgan fingerprint density at radius 3 is 2.50 bits per heavy atom. The standard InChI is InChI=1S/C11H25NOS/c1-5-7-13-8-11(12-6-2)9-14-10(3)4/h10-12H,5-9H2,1-4H3. The normalized spacial score (nSPS) is 13.5. The number of hydrogen-bond donors (Lipinski definition) is 1. The summed E-state index contributed by atoms with van der Waals surface area (Å²) in [5, 5.41) is 4.16. The first-order chi connectivity index (χ1) is 6.70. The van der Waals surface area contributed by atoms with Crippen molar-refractivity contribution in [3.8, 4) is 0 Å². The molecular weight excluding hydrogens is 194 g/mol. The Morgan fingerprint density at radius 1 is 1.29 bits per heavy atom. The number of rotatable bonds is 9. The third-order valence-corrected chi connectivity index (χ3v) is 3.05. The quantitative estimate of drug-likeness (QED) is 0.602. The summed E-state index contributed by atoms with van der Waals surface area (Å²) in [6.45, 7) is 11.5. The molecule has 0 amide bonds. The molecule has 0 radical (unpaired) electrons. The maximum absolute atomic E-state index is 5.55. The van der Waals surface area contributed by atoms with Gasteiger partial charge < -0.3 is 10.1 Å². The highest BCUT2D eigenvalue weighted by Crippen LogP contribution is 2.10. The van der Waals surface area contributed by atoms with Crippen molar-refractivity contribution in [3.05, 3.63) is 0 Å². The molecule has 0 aliphatic carbocycles. The average molecular weight is 219 g/mol. The zero-order chi connectivity index (χ0) is 10.8. The second-order valence-corrected chi connectivity index (χ2v) is 5.32. The highest BCUT2D eigenvalue weighted by Gasteiger charge is 2.08. The SMILES string of the molecule is CCCOCC(CSC(C)C)NCC. The number of ether oxygens (including phenoxy) is 1. The number of nitrogens with one attached hydrogen (secondary N) is 1. The molecule has 14 heavy (non-hydrogen) atoms. The lowest BCUT2D eigenvalue weighted by Crippen LogP contribution is -2.36. The van der Waals surface area contributed by atoms with Gasteiger partial charge in [-0.15, -0.1) is 0 Å². The third kappa shape index (κ3) is 8.85. The van der Waals surface area contributed by atoms with E-state index in [1.807, 2.05) is 11.8 Å².